The van der Waals surface area contributed by atoms with Crippen molar-refractivity contribution in [2.45, 2.75) is 0 Å². The van der Waals surface area contributed by atoms with Crippen LogP contribution >= 0.6 is 0 Å². The standard InChI is InChI=1S/C36H22N4O/c1-3-9-23(10-4-1)24-15-17-26(18-16-24)35-38-34(25-11-5-2-6-12-25)39-36(40-35)29-21-32-33(27-19-20-37-22-30(27)29)28-13-7-8-14-31(28)41-32/h1-22H. The van der Waals surface area contributed by atoms with Crippen LogP contribution in [0.25, 0.3) is 78.0 Å². The van der Waals surface area contributed by atoms with Crippen molar-refractivity contribution in [1.29, 1.82) is 0 Å². The third kappa shape index (κ3) is 4.03. The summed E-state index contributed by atoms with van der Waals surface area (Å²) in [5.74, 6) is 1.79. The van der Waals surface area contributed by atoms with Gasteiger partial charge in [0, 0.05) is 45.2 Å². The number of benzene rings is 5. The molecule has 5 heteroatoms. The van der Waals surface area contributed by atoms with Crippen molar-refractivity contribution in [3.63, 3.8) is 0 Å². The number of hydrogen-bond acceptors (Lipinski definition) is 5. The zero-order valence-corrected chi connectivity index (χ0v) is 21.9. The van der Waals surface area contributed by atoms with E-state index in [-0.39, 0.29) is 0 Å². The van der Waals surface area contributed by atoms with Gasteiger partial charge in [-0.25, -0.2) is 15.0 Å². The Hall–Kier alpha value is -5.68. The maximum absolute atomic E-state index is 6.32. The van der Waals surface area contributed by atoms with Gasteiger partial charge in [-0.1, -0.05) is 103 Å². The summed E-state index contributed by atoms with van der Waals surface area (Å²) in [7, 11) is 0. The Kier molecular flexibility index (Phi) is 5.38. The summed E-state index contributed by atoms with van der Waals surface area (Å²) in [6.45, 7) is 0. The molecule has 8 aromatic rings. The summed E-state index contributed by atoms with van der Waals surface area (Å²) in [4.78, 5) is 19.4. The van der Waals surface area contributed by atoms with E-state index in [2.05, 4.69) is 47.4 Å². The molecule has 0 saturated heterocycles. The molecule has 192 valence electrons. The van der Waals surface area contributed by atoms with Crippen LogP contribution in [0, 0.1) is 0 Å². The summed E-state index contributed by atoms with van der Waals surface area (Å²) < 4.78 is 6.32. The van der Waals surface area contributed by atoms with Gasteiger partial charge < -0.3 is 4.42 Å². The highest BCUT2D eigenvalue weighted by Crippen LogP contribution is 2.39. The topological polar surface area (TPSA) is 64.7 Å². The van der Waals surface area contributed by atoms with E-state index >= 15 is 0 Å². The molecule has 8 rings (SSSR count). The number of para-hydroxylation sites is 1. The molecule has 0 amide bonds. The molecule has 0 aliphatic heterocycles. The Bertz CT molecular complexity index is 2190. The molecule has 41 heavy (non-hydrogen) atoms. The van der Waals surface area contributed by atoms with Crippen LogP contribution in [-0.4, -0.2) is 19.9 Å². The molecular formula is C36H22N4O. The predicted molar refractivity (Wildman–Crippen MR) is 164 cm³/mol. The van der Waals surface area contributed by atoms with Crippen LogP contribution < -0.4 is 0 Å². The van der Waals surface area contributed by atoms with Gasteiger partial charge in [-0.05, 0) is 34.7 Å². The summed E-state index contributed by atoms with van der Waals surface area (Å²) in [5.41, 5.74) is 6.62. The van der Waals surface area contributed by atoms with Crippen LogP contribution in [0.15, 0.2) is 138 Å². The number of hydrogen-bond donors (Lipinski definition) is 0. The Morgan fingerprint density at radius 3 is 1.78 bits per heavy atom. The number of pyridine rings is 1. The van der Waals surface area contributed by atoms with E-state index in [1.807, 2.05) is 91.3 Å². The number of fused-ring (bicyclic) bond motifs is 5. The molecule has 0 fully saturated rings. The molecule has 5 aromatic carbocycles. The van der Waals surface area contributed by atoms with Crippen molar-refractivity contribution in [3.05, 3.63) is 134 Å². The van der Waals surface area contributed by atoms with Gasteiger partial charge in [0.05, 0.1) is 0 Å². The number of furan rings is 1. The van der Waals surface area contributed by atoms with E-state index in [1.165, 1.54) is 5.56 Å². The van der Waals surface area contributed by atoms with E-state index in [9.17, 15) is 0 Å². The van der Waals surface area contributed by atoms with Gasteiger partial charge in [-0.15, -0.1) is 0 Å². The summed E-state index contributed by atoms with van der Waals surface area (Å²) in [6, 6.07) is 40.9. The third-order valence-corrected chi connectivity index (χ3v) is 7.44. The monoisotopic (exact) mass is 526 g/mol. The number of rotatable bonds is 4. The smallest absolute Gasteiger partial charge is 0.164 e. The summed E-state index contributed by atoms with van der Waals surface area (Å²) in [6.07, 6.45) is 3.70. The van der Waals surface area contributed by atoms with E-state index in [4.69, 9.17) is 19.4 Å². The quantitative estimate of drug-likeness (QED) is 0.229. The average Bonchev–Trinajstić information content (AvgIpc) is 3.44. The first-order valence-corrected chi connectivity index (χ1v) is 13.5. The van der Waals surface area contributed by atoms with Crippen LogP contribution in [0.2, 0.25) is 0 Å². The predicted octanol–water partition coefficient (Wildman–Crippen LogP) is 8.99. The minimum atomic E-state index is 0.571. The Morgan fingerprint density at radius 1 is 0.439 bits per heavy atom. The van der Waals surface area contributed by atoms with Crippen molar-refractivity contribution < 1.29 is 4.42 Å². The molecule has 0 radical (unpaired) electrons. The second-order valence-corrected chi connectivity index (χ2v) is 9.93. The molecule has 0 N–H and O–H groups in total. The SMILES string of the molecule is c1ccc(-c2ccc(-c3nc(-c4ccccc4)nc(-c4cc5oc6ccccc6c5c5ccncc45)n3)cc2)cc1. The lowest BCUT2D eigenvalue weighted by molar-refractivity contribution is 0.669. The molecule has 0 atom stereocenters. The molecular weight excluding hydrogens is 504 g/mol. The first-order valence-electron chi connectivity index (χ1n) is 13.5. The van der Waals surface area contributed by atoms with Gasteiger partial charge in [0.2, 0.25) is 0 Å². The van der Waals surface area contributed by atoms with Gasteiger partial charge in [-0.2, -0.15) is 0 Å². The molecule has 3 heterocycles. The summed E-state index contributed by atoms with van der Waals surface area (Å²) >= 11 is 0. The maximum atomic E-state index is 6.32. The fraction of sp³-hybridized carbons (Fsp3) is 0. The normalized spacial score (nSPS) is 11.4. The van der Waals surface area contributed by atoms with Crippen LogP contribution in [-0.2, 0) is 0 Å². The number of nitrogens with zero attached hydrogens (tertiary/aromatic N) is 4. The summed E-state index contributed by atoms with van der Waals surface area (Å²) in [5, 5.41) is 4.15. The minimum Gasteiger partial charge on any atom is -0.456 e. The lowest BCUT2D eigenvalue weighted by Gasteiger charge is -2.11. The zero-order valence-electron chi connectivity index (χ0n) is 21.9. The van der Waals surface area contributed by atoms with Crippen LogP contribution in [0.4, 0.5) is 0 Å². The van der Waals surface area contributed by atoms with Gasteiger partial charge >= 0.3 is 0 Å². The largest absolute Gasteiger partial charge is 0.456 e. The molecule has 0 saturated carbocycles. The van der Waals surface area contributed by atoms with Gasteiger partial charge in [0.1, 0.15) is 11.2 Å². The highest BCUT2D eigenvalue weighted by atomic mass is 16.3. The molecule has 0 aliphatic rings. The van der Waals surface area contributed by atoms with Crippen molar-refractivity contribution in [2.75, 3.05) is 0 Å². The highest BCUT2D eigenvalue weighted by molar-refractivity contribution is 6.21. The lowest BCUT2D eigenvalue weighted by Crippen LogP contribution is -2.00. The lowest BCUT2D eigenvalue weighted by atomic mass is 10.00. The second-order valence-electron chi connectivity index (χ2n) is 9.93. The van der Waals surface area contributed by atoms with Gasteiger partial charge in [0.25, 0.3) is 0 Å². The van der Waals surface area contributed by atoms with E-state index in [0.29, 0.717) is 17.5 Å². The Labute approximate surface area is 235 Å². The third-order valence-electron chi connectivity index (χ3n) is 7.44. The highest BCUT2D eigenvalue weighted by Gasteiger charge is 2.19. The molecule has 3 aromatic heterocycles. The van der Waals surface area contributed by atoms with Crippen molar-refractivity contribution in [2.24, 2.45) is 0 Å². The molecule has 0 spiro atoms. The Balaban J connectivity index is 1.36. The maximum Gasteiger partial charge on any atom is 0.164 e. The minimum absolute atomic E-state index is 0.571. The fourth-order valence-corrected chi connectivity index (χ4v) is 5.45. The van der Waals surface area contributed by atoms with Crippen molar-refractivity contribution >= 4 is 32.7 Å². The second kappa shape index (κ2) is 9.50. The van der Waals surface area contributed by atoms with E-state index < -0.39 is 0 Å². The zero-order chi connectivity index (χ0) is 27.2. The van der Waals surface area contributed by atoms with Crippen molar-refractivity contribution in [1.82, 2.24) is 19.9 Å². The molecule has 0 aliphatic carbocycles. The Morgan fingerprint density at radius 2 is 1.02 bits per heavy atom. The van der Waals surface area contributed by atoms with Gasteiger partial charge in [0.15, 0.2) is 17.5 Å². The van der Waals surface area contributed by atoms with Crippen LogP contribution in [0.1, 0.15) is 0 Å². The first kappa shape index (κ1) is 23.2. The van der Waals surface area contributed by atoms with Crippen LogP contribution in [0.5, 0.6) is 0 Å². The number of aromatic nitrogens is 4. The van der Waals surface area contributed by atoms with Crippen LogP contribution in [0.3, 0.4) is 0 Å². The van der Waals surface area contributed by atoms with Crippen molar-refractivity contribution in [3.8, 4) is 45.3 Å². The fourth-order valence-electron chi connectivity index (χ4n) is 5.45. The molecule has 0 unspecified atom stereocenters. The molecule has 0 bridgehead atoms. The van der Waals surface area contributed by atoms with E-state index in [1.54, 1.807) is 0 Å². The van der Waals surface area contributed by atoms with E-state index in [0.717, 1.165) is 55.0 Å². The van der Waals surface area contributed by atoms with Gasteiger partial charge in [-0.3, -0.25) is 4.98 Å². The average molecular weight is 527 g/mol. The molecule has 5 nitrogen and oxygen atoms in total. The first-order chi connectivity index (χ1) is 20.3.